The van der Waals surface area contributed by atoms with Crippen molar-refractivity contribution in [1.29, 1.82) is 0 Å². The molecule has 0 atom stereocenters. The minimum atomic E-state index is 0.805. The van der Waals surface area contributed by atoms with Gasteiger partial charge in [-0.1, -0.05) is 0 Å². The first-order valence-electron chi connectivity index (χ1n) is 5.93. The second kappa shape index (κ2) is 3.94. The fourth-order valence-electron chi connectivity index (χ4n) is 2.42. The number of piperazine rings is 1. The Bertz CT molecular complexity index is 399. The zero-order chi connectivity index (χ0) is 11.0. The van der Waals surface area contributed by atoms with Crippen LogP contribution < -0.4 is 15.0 Å². The summed E-state index contributed by atoms with van der Waals surface area (Å²) in [4.78, 5) is 7.06. The predicted molar refractivity (Wildman–Crippen MR) is 63.3 cm³/mol. The zero-order valence-corrected chi connectivity index (χ0v) is 9.62. The molecule has 1 aromatic heterocycles. The van der Waals surface area contributed by atoms with Gasteiger partial charge in [-0.15, -0.1) is 0 Å². The van der Waals surface area contributed by atoms with Gasteiger partial charge in [0.15, 0.2) is 0 Å². The average molecular weight is 219 g/mol. The molecule has 1 aromatic rings. The van der Waals surface area contributed by atoms with Gasteiger partial charge < -0.3 is 15.0 Å². The number of ether oxygens (including phenoxy) is 1. The highest BCUT2D eigenvalue weighted by Crippen LogP contribution is 2.33. The van der Waals surface area contributed by atoms with Gasteiger partial charge in [0.05, 0.1) is 6.61 Å². The number of hydrogen-bond acceptors (Lipinski definition) is 4. The highest BCUT2D eigenvalue weighted by Gasteiger charge is 2.22. The minimum Gasteiger partial charge on any atom is -0.493 e. The molecule has 1 N–H and O–H groups in total. The van der Waals surface area contributed by atoms with Crippen LogP contribution in [0.15, 0.2) is 6.07 Å². The van der Waals surface area contributed by atoms with E-state index in [9.17, 15) is 0 Å². The van der Waals surface area contributed by atoms with Crippen molar-refractivity contribution < 1.29 is 4.74 Å². The lowest BCUT2D eigenvalue weighted by atomic mass is 10.1. The summed E-state index contributed by atoms with van der Waals surface area (Å²) >= 11 is 0. The van der Waals surface area contributed by atoms with Gasteiger partial charge in [0.25, 0.3) is 0 Å². The van der Waals surface area contributed by atoms with Gasteiger partial charge in [0.1, 0.15) is 11.6 Å². The van der Waals surface area contributed by atoms with E-state index in [1.165, 1.54) is 5.56 Å². The molecule has 0 bridgehead atoms. The van der Waals surface area contributed by atoms with Crippen LogP contribution in [0.5, 0.6) is 5.75 Å². The van der Waals surface area contributed by atoms with Crippen molar-refractivity contribution in [3.63, 3.8) is 0 Å². The smallest absolute Gasteiger partial charge is 0.135 e. The number of aryl methyl sites for hydroxylation is 1. The lowest BCUT2D eigenvalue weighted by Crippen LogP contribution is -2.44. The minimum absolute atomic E-state index is 0.805. The van der Waals surface area contributed by atoms with Crippen molar-refractivity contribution in [3.05, 3.63) is 17.3 Å². The second-order valence-electron chi connectivity index (χ2n) is 4.40. The van der Waals surface area contributed by atoms with E-state index in [1.54, 1.807) is 0 Å². The Morgan fingerprint density at radius 3 is 3.00 bits per heavy atom. The lowest BCUT2D eigenvalue weighted by Gasteiger charge is -2.29. The number of aromatic nitrogens is 1. The van der Waals surface area contributed by atoms with Crippen molar-refractivity contribution in [2.24, 2.45) is 0 Å². The number of rotatable bonds is 1. The highest BCUT2D eigenvalue weighted by molar-refractivity contribution is 5.56. The van der Waals surface area contributed by atoms with Crippen LogP contribution in [-0.2, 0) is 6.42 Å². The molecule has 4 nitrogen and oxygen atoms in total. The summed E-state index contributed by atoms with van der Waals surface area (Å²) in [6, 6.07) is 2.05. The first-order valence-corrected chi connectivity index (χ1v) is 5.93. The van der Waals surface area contributed by atoms with E-state index in [1.807, 2.05) is 13.0 Å². The Kier molecular flexibility index (Phi) is 2.44. The fourth-order valence-corrected chi connectivity index (χ4v) is 2.42. The van der Waals surface area contributed by atoms with Crippen LogP contribution in [0.2, 0.25) is 0 Å². The van der Waals surface area contributed by atoms with Gasteiger partial charge in [-0.3, -0.25) is 0 Å². The van der Waals surface area contributed by atoms with Crippen LogP contribution in [-0.4, -0.2) is 37.8 Å². The summed E-state index contributed by atoms with van der Waals surface area (Å²) in [6.07, 6.45) is 1.00. The summed E-state index contributed by atoms with van der Waals surface area (Å²) in [5.41, 5.74) is 2.35. The second-order valence-corrected chi connectivity index (χ2v) is 4.40. The van der Waals surface area contributed by atoms with Crippen LogP contribution in [0.3, 0.4) is 0 Å². The largest absolute Gasteiger partial charge is 0.493 e. The fraction of sp³-hybridized carbons (Fsp3) is 0.583. The number of nitrogens with one attached hydrogen (secondary N) is 1. The Labute approximate surface area is 95.6 Å². The average Bonchev–Trinajstić information content (AvgIpc) is 2.77. The van der Waals surface area contributed by atoms with Crippen LogP contribution in [0.1, 0.15) is 11.3 Å². The first kappa shape index (κ1) is 9.90. The molecule has 0 unspecified atom stereocenters. The molecule has 0 aromatic carbocycles. The summed E-state index contributed by atoms with van der Waals surface area (Å²) in [5.74, 6) is 2.19. The molecule has 0 radical (unpaired) electrons. The van der Waals surface area contributed by atoms with Crippen molar-refractivity contribution in [2.75, 3.05) is 37.7 Å². The van der Waals surface area contributed by atoms with E-state index in [0.29, 0.717) is 0 Å². The van der Waals surface area contributed by atoms with Crippen LogP contribution in [0.4, 0.5) is 5.82 Å². The quantitative estimate of drug-likeness (QED) is 0.756. The van der Waals surface area contributed by atoms with E-state index in [0.717, 1.165) is 56.5 Å². The van der Waals surface area contributed by atoms with Crippen molar-refractivity contribution in [2.45, 2.75) is 13.3 Å². The maximum Gasteiger partial charge on any atom is 0.135 e. The molecule has 4 heteroatoms. The molecule has 1 saturated heterocycles. The molecular weight excluding hydrogens is 202 g/mol. The molecule has 0 spiro atoms. The standard InChI is InChI=1S/C12H17N3O/c1-9-8-11-10(2-7-16-11)12(14-9)15-5-3-13-4-6-15/h8,13H,2-7H2,1H3. The third-order valence-corrected chi connectivity index (χ3v) is 3.22. The number of nitrogens with zero attached hydrogens (tertiary/aromatic N) is 2. The molecule has 0 aliphatic carbocycles. The van der Waals surface area contributed by atoms with E-state index in [2.05, 4.69) is 15.2 Å². The Hall–Kier alpha value is -1.29. The Morgan fingerprint density at radius 1 is 1.38 bits per heavy atom. The van der Waals surface area contributed by atoms with Crippen LogP contribution >= 0.6 is 0 Å². The maximum atomic E-state index is 5.63. The molecule has 2 aliphatic heterocycles. The third-order valence-electron chi connectivity index (χ3n) is 3.22. The normalized spacial score (nSPS) is 19.4. The molecule has 1 fully saturated rings. The van der Waals surface area contributed by atoms with Crippen molar-refractivity contribution in [3.8, 4) is 5.75 Å². The van der Waals surface area contributed by atoms with Gasteiger partial charge in [0, 0.05) is 49.9 Å². The first-order chi connectivity index (χ1) is 7.84. The molecular formula is C12H17N3O. The molecule has 2 aliphatic rings. The maximum absolute atomic E-state index is 5.63. The summed E-state index contributed by atoms with van der Waals surface area (Å²) in [6.45, 7) is 7.02. The summed E-state index contributed by atoms with van der Waals surface area (Å²) < 4.78 is 5.63. The Balaban J connectivity index is 1.99. The van der Waals surface area contributed by atoms with Crippen molar-refractivity contribution >= 4 is 5.82 Å². The summed E-state index contributed by atoms with van der Waals surface area (Å²) in [7, 11) is 0. The van der Waals surface area contributed by atoms with E-state index in [-0.39, 0.29) is 0 Å². The molecule has 16 heavy (non-hydrogen) atoms. The van der Waals surface area contributed by atoms with Crippen LogP contribution in [0.25, 0.3) is 0 Å². The number of pyridine rings is 1. The monoisotopic (exact) mass is 219 g/mol. The third kappa shape index (κ3) is 1.63. The number of anilines is 1. The van der Waals surface area contributed by atoms with Gasteiger partial charge in [-0.25, -0.2) is 4.98 Å². The van der Waals surface area contributed by atoms with Gasteiger partial charge in [-0.05, 0) is 6.92 Å². The number of hydrogen-bond donors (Lipinski definition) is 1. The topological polar surface area (TPSA) is 37.4 Å². The SMILES string of the molecule is Cc1cc2c(c(N3CCNCC3)n1)CCO2. The molecule has 3 heterocycles. The zero-order valence-electron chi connectivity index (χ0n) is 9.62. The number of fused-ring (bicyclic) bond motifs is 1. The van der Waals surface area contributed by atoms with Gasteiger partial charge >= 0.3 is 0 Å². The lowest BCUT2D eigenvalue weighted by molar-refractivity contribution is 0.356. The van der Waals surface area contributed by atoms with Gasteiger partial charge in [0.2, 0.25) is 0 Å². The molecule has 3 rings (SSSR count). The van der Waals surface area contributed by atoms with E-state index in [4.69, 9.17) is 4.74 Å². The van der Waals surface area contributed by atoms with Crippen LogP contribution in [0, 0.1) is 6.92 Å². The molecule has 86 valence electrons. The molecule has 0 amide bonds. The summed E-state index contributed by atoms with van der Waals surface area (Å²) in [5, 5.41) is 3.37. The van der Waals surface area contributed by atoms with Gasteiger partial charge in [-0.2, -0.15) is 0 Å². The van der Waals surface area contributed by atoms with E-state index < -0.39 is 0 Å². The highest BCUT2D eigenvalue weighted by atomic mass is 16.5. The predicted octanol–water partition coefficient (Wildman–Crippen LogP) is 0.735. The Morgan fingerprint density at radius 2 is 2.19 bits per heavy atom. The van der Waals surface area contributed by atoms with E-state index >= 15 is 0 Å². The molecule has 0 saturated carbocycles. The van der Waals surface area contributed by atoms with Crippen molar-refractivity contribution in [1.82, 2.24) is 10.3 Å².